The van der Waals surface area contributed by atoms with Crippen molar-refractivity contribution >= 4 is 5.82 Å². The molecule has 60 valence electrons. The predicted octanol–water partition coefficient (Wildman–Crippen LogP) is 1.60. The summed E-state index contributed by atoms with van der Waals surface area (Å²) in [5, 5.41) is 6.96. The number of nitrogens with one attached hydrogen (secondary N) is 1. The molecule has 0 saturated carbocycles. The zero-order valence-corrected chi connectivity index (χ0v) is 6.68. The minimum atomic E-state index is 0.930. The Morgan fingerprint density at radius 3 is 3.00 bits per heavy atom. The molecule has 2 rings (SSSR count). The molecule has 0 saturated heterocycles. The molecule has 0 atom stereocenters. The summed E-state index contributed by atoms with van der Waals surface area (Å²) in [5.74, 6) is 2.01. The van der Waals surface area contributed by atoms with E-state index in [1.54, 1.807) is 0 Å². The van der Waals surface area contributed by atoms with Gasteiger partial charge < -0.3 is 9.84 Å². The van der Waals surface area contributed by atoms with Gasteiger partial charge in [-0.3, -0.25) is 0 Å². The average molecular weight is 152 g/mol. The molecule has 1 aromatic rings. The van der Waals surface area contributed by atoms with E-state index in [9.17, 15) is 0 Å². The fourth-order valence-electron chi connectivity index (χ4n) is 1.58. The number of nitrogens with zero attached hydrogens (tertiary/aromatic N) is 1. The van der Waals surface area contributed by atoms with Crippen LogP contribution in [-0.2, 0) is 12.8 Å². The zero-order chi connectivity index (χ0) is 7.68. The molecule has 0 aromatic carbocycles. The highest BCUT2D eigenvalue weighted by Gasteiger charge is 2.17. The minimum absolute atomic E-state index is 0.930. The van der Waals surface area contributed by atoms with E-state index < -0.39 is 0 Å². The molecular weight excluding hydrogens is 140 g/mol. The molecule has 0 amide bonds. The lowest BCUT2D eigenvalue weighted by Crippen LogP contribution is -2.01. The fraction of sp³-hybridized carbons (Fsp3) is 0.625. The van der Waals surface area contributed by atoms with Gasteiger partial charge in [0.05, 0.1) is 0 Å². The van der Waals surface area contributed by atoms with Gasteiger partial charge in [-0.25, -0.2) is 0 Å². The highest BCUT2D eigenvalue weighted by molar-refractivity contribution is 5.45. The van der Waals surface area contributed by atoms with Gasteiger partial charge in [0, 0.05) is 19.0 Å². The molecule has 0 fully saturated rings. The first-order valence-corrected chi connectivity index (χ1v) is 4.07. The van der Waals surface area contributed by atoms with Crippen LogP contribution >= 0.6 is 0 Å². The Balaban J connectivity index is 2.38. The molecule has 3 heteroatoms. The average Bonchev–Trinajstić information content (AvgIpc) is 2.47. The third-order valence-electron chi connectivity index (χ3n) is 2.19. The van der Waals surface area contributed by atoms with Gasteiger partial charge in [0.2, 0.25) is 0 Å². The molecule has 0 aliphatic heterocycles. The van der Waals surface area contributed by atoms with Crippen molar-refractivity contribution in [1.82, 2.24) is 5.16 Å². The Labute approximate surface area is 65.8 Å². The Morgan fingerprint density at radius 2 is 2.18 bits per heavy atom. The van der Waals surface area contributed by atoms with Crippen molar-refractivity contribution < 1.29 is 4.52 Å². The maximum Gasteiger partial charge on any atom is 0.172 e. The van der Waals surface area contributed by atoms with E-state index >= 15 is 0 Å². The van der Waals surface area contributed by atoms with Crippen molar-refractivity contribution in [3.8, 4) is 0 Å². The van der Waals surface area contributed by atoms with Crippen molar-refractivity contribution in [2.24, 2.45) is 0 Å². The molecule has 0 radical (unpaired) electrons. The van der Waals surface area contributed by atoms with Gasteiger partial charge in [0.1, 0.15) is 5.76 Å². The molecular formula is C8H12N2O. The van der Waals surface area contributed by atoms with E-state index in [2.05, 4.69) is 10.5 Å². The van der Waals surface area contributed by atoms with E-state index in [-0.39, 0.29) is 0 Å². The largest absolute Gasteiger partial charge is 0.370 e. The van der Waals surface area contributed by atoms with Gasteiger partial charge in [-0.1, -0.05) is 5.16 Å². The first-order chi connectivity index (χ1) is 5.42. The van der Waals surface area contributed by atoms with Crippen LogP contribution in [0.1, 0.15) is 24.2 Å². The normalized spacial score (nSPS) is 16.1. The molecule has 3 nitrogen and oxygen atoms in total. The second-order valence-electron chi connectivity index (χ2n) is 2.89. The molecule has 11 heavy (non-hydrogen) atoms. The Morgan fingerprint density at radius 1 is 1.36 bits per heavy atom. The van der Waals surface area contributed by atoms with Crippen molar-refractivity contribution in [2.45, 2.75) is 25.7 Å². The number of aromatic nitrogens is 1. The lowest BCUT2D eigenvalue weighted by Gasteiger charge is -2.07. The minimum Gasteiger partial charge on any atom is -0.370 e. The van der Waals surface area contributed by atoms with Crippen LogP contribution < -0.4 is 5.32 Å². The summed E-state index contributed by atoms with van der Waals surface area (Å²) >= 11 is 0. The summed E-state index contributed by atoms with van der Waals surface area (Å²) in [6.45, 7) is 0. The molecule has 0 unspecified atom stereocenters. The van der Waals surface area contributed by atoms with Crippen LogP contribution in [0.2, 0.25) is 0 Å². The Kier molecular flexibility index (Phi) is 1.56. The topological polar surface area (TPSA) is 38.1 Å². The SMILES string of the molecule is CNc1noc2c1CCCC2. The predicted molar refractivity (Wildman–Crippen MR) is 42.7 cm³/mol. The lowest BCUT2D eigenvalue weighted by atomic mass is 9.98. The van der Waals surface area contributed by atoms with Crippen LogP contribution in [0.4, 0.5) is 5.82 Å². The monoisotopic (exact) mass is 152 g/mol. The van der Waals surface area contributed by atoms with Crippen molar-refractivity contribution in [3.63, 3.8) is 0 Å². The van der Waals surface area contributed by atoms with E-state index in [1.165, 1.54) is 18.4 Å². The number of anilines is 1. The summed E-state index contributed by atoms with van der Waals surface area (Å²) in [4.78, 5) is 0. The van der Waals surface area contributed by atoms with E-state index in [0.29, 0.717) is 0 Å². The maximum atomic E-state index is 5.17. The quantitative estimate of drug-likeness (QED) is 0.664. The summed E-state index contributed by atoms with van der Waals surface area (Å²) in [7, 11) is 1.88. The van der Waals surface area contributed by atoms with Gasteiger partial charge in [-0.15, -0.1) is 0 Å². The second kappa shape index (κ2) is 2.57. The van der Waals surface area contributed by atoms with Crippen LogP contribution in [0.5, 0.6) is 0 Å². The van der Waals surface area contributed by atoms with Gasteiger partial charge in [-0.2, -0.15) is 0 Å². The van der Waals surface area contributed by atoms with Crippen LogP contribution in [0.3, 0.4) is 0 Å². The molecule has 1 aliphatic rings. The van der Waals surface area contributed by atoms with E-state index in [1.807, 2.05) is 7.05 Å². The highest BCUT2D eigenvalue weighted by atomic mass is 16.5. The summed E-state index contributed by atoms with van der Waals surface area (Å²) < 4.78 is 5.17. The Bertz CT molecular complexity index is 241. The number of hydrogen-bond acceptors (Lipinski definition) is 3. The van der Waals surface area contributed by atoms with Crippen molar-refractivity contribution in [2.75, 3.05) is 12.4 Å². The molecule has 0 spiro atoms. The number of hydrogen-bond donors (Lipinski definition) is 1. The second-order valence-corrected chi connectivity index (χ2v) is 2.89. The molecule has 0 bridgehead atoms. The number of fused-ring (bicyclic) bond motifs is 1. The van der Waals surface area contributed by atoms with E-state index in [4.69, 9.17) is 4.52 Å². The van der Waals surface area contributed by atoms with Gasteiger partial charge >= 0.3 is 0 Å². The van der Waals surface area contributed by atoms with Crippen LogP contribution in [0.15, 0.2) is 4.52 Å². The fourth-order valence-corrected chi connectivity index (χ4v) is 1.58. The van der Waals surface area contributed by atoms with Crippen LogP contribution in [-0.4, -0.2) is 12.2 Å². The van der Waals surface area contributed by atoms with Crippen molar-refractivity contribution in [1.29, 1.82) is 0 Å². The Hall–Kier alpha value is -0.990. The highest BCUT2D eigenvalue weighted by Crippen LogP contribution is 2.26. The number of rotatable bonds is 1. The van der Waals surface area contributed by atoms with Crippen molar-refractivity contribution in [3.05, 3.63) is 11.3 Å². The maximum absolute atomic E-state index is 5.17. The third-order valence-corrected chi connectivity index (χ3v) is 2.19. The smallest absolute Gasteiger partial charge is 0.172 e. The molecule has 1 heterocycles. The third kappa shape index (κ3) is 1.00. The van der Waals surface area contributed by atoms with Gasteiger partial charge in [-0.05, 0) is 19.3 Å². The van der Waals surface area contributed by atoms with Crippen LogP contribution in [0.25, 0.3) is 0 Å². The summed E-state index contributed by atoms with van der Waals surface area (Å²) in [6, 6.07) is 0. The van der Waals surface area contributed by atoms with Gasteiger partial charge in [0.15, 0.2) is 5.82 Å². The zero-order valence-electron chi connectivity index (χ0n) is 6.68. The first-order valence-electron chi connectivity index (χ1n) is 4.07. The first kappa shape index (κ1) is 6.70. The summed E-state index contributed by atoms with van der Waals surface area (Å²) in [6.07, 6.45) is 4.69. The van der Waals surface area contributed by atoms with Gasteiger partial charge in [0.25, 0.3) is 0 Å². The molecule has 1 aromatic heterocycles. The standard InChI is InChI=1S/C8H12N2O/c1-9-8-6-4-2-3-5-7(6)11-10-8/h2-5H2,1H3,(H,9,10). The molecule has 1 aliphatic carbocycles. The molecule has 1 N–H and O–H groups in total. The summed E-state index contributed by atoms with van der Waals surface area (Å²) in [5.41, 5.74) is 1.29. The van der Waals surface area contributed by atoms with Crippen LogP contribution in [0, 0.1) is 0 Å². The van der Waals surface area contributed by atoms with E-state index in [0.717, 1.165) is 24.4 Å². The number of aryl methyl sites for hydroxylation is 1. The lowest BCUT2D eigenvalue weighted by molar-refractivity contribution is 0.374.